The van der Waals surface area contributed by atoms with Crippen LogP contribution in [-0.4, -0.2) is 29.9 Å². The number of ketones is 1. The highest BCUT2D eigenvalue weighted by Gasteiger charge is 2.70. The minimum atomic E-state index is -1.28. The molecule has 184 valence electrons. The van der Waals surface area contributed by atoms with Crippen LogP contribution in [0.5, 0.6) is 0 Å². The standard InChI is InChI=1S/C28H42O5/c1-18(13-17-32-24(31)28-16-12-20(23(30)33-28)26(28,4)5)8-9-19-21(29)10-11-22-25(2,3)14-7-15-27(19,22)6/h13,19-20,22H,7-12,14-17H2,1-6H3/b18-13+/t19-,20-,22-,27+,28+/m0/s1/i17D/t17-,19-,20-,22-,27+,28+. The number of carbonyl (C=O) groups excluding carboxylic acids is 3. The number of hydrogen-bond donors (Lipinski definition) is 0. The first-order valence-electron chi connectivity index (χ1n) is 13.4. The molecule has 1 heterocycles. The summed E-state index contributed by atoms with van der Waals surface area (Å²) in [6.45, 7) is 11.6. The first-order chi connectivity index (χ1) is 15.7. The predicted molar refractivity (Wildman–Crippen MR) is 126 cm³/mol. The van der Waals surface area contributed by atoms with Crippen LogP contribution in [0, 0.1) is 34.0 Å². The van der Waals surface area contributed by atoms with E-state index >= 15 is 0 Å². The molecule has 5 nitrogen and oxygen atoms in total. The fourth-order valence-electron chi connectivity index (χ4n) is 7.94. The van der Waals surface area contributed by atoms with Crippen molar-refractivity contribution in [3.05, 3.63) is 11.6 Å². The van der Waals surface area contributed by atoms with Crippen molar-refractivity contribution in [2.45, 2.75) is 105 Å². The second-order valence-electron chi connectivity index (χ2n) is 12.6. The number of ether oxygens (including phenoxy) is 2. The molecule has 0 aromatic rings. The maximum Gasteiger partial charge on any atom is 0.351 e. The first-order valence-corrected chi connectivity index (χ1v) is 12.8. The van der Waals surface area contributed by atoms with Crippen LogP contribution in [0.1, 0.15) is 101 Å². The normalized spacial score (nSPS) is 40.6. The largest absolute Gasteiger partial charge is 0.458 e. The Kier molecular flexibility index (Phi) is 5.77. The van der Waals surface area contributed by atoms with Crippen LogP contribution in [0.15, 0.2) is 11.6 Å². The van der Waals surface area contributed by atoms with Gasteiger partial charge in [0.1, 0.15) is 12.4 Å². The zero-order valence-electron chi connectivity index (χ0n) is 22.3. The van der Waals surface area contributed by atoms with Crippen LogP contribution < -0.4 is 0 Å². The molecule has 4 aliphatic rings. The van der Waals surface area contributed by atoms with E-state index in [1.165, 1.54) is 12.8 Å². The van der Waals surface area contributed by atoms with Gasteiger partial charge < -0.3 is 9.47 Å². The van der Waals surface area contributed by atoms with Gasteiger partial charge in [-0.05, 0) is 74.7 Å². The van der Waals surface area contributed by atoms with Gasteiger partial charge in [-0.15, -0.1) is 0 Å². The van der Waals surface area contributed by atoms with Crippen LogP contribution in [0.2, 0.25) is 0 Å². The van der Waals surface area contributed by atoms with Crippen molar-refractivity contribution in [2.75, 3.05) is 6.58 Å². The van der Waals surface area contributed by atoms with Crippen molar-refractivity contribution in [1.29, 1.82) is 0 Å². The van der Waals surface area contributed by atoms with E-state index in [2.05, 4.69) is 20.8 Å². The topological polar surface area (TPSA) is 69.7 Å². The zero-order chi connectivity index (χ0) is 25.1. The third-order valence-electron chi connectivity index (χ3n) is 10.1. The summed E-state index contributed by atoms with van der Waals surface area (Å²) < 4.78 is 19.3. The zero-order valence-corrected chi connectivity index (χ0v) is 21.3. The molecule has 0 aromatic heterocycles. The summed E-state index contributed by atoms with van der Waals surface area (Å²) in [7, 11) is 0. The van der Waals surface area contributed by atoms with E-state index in [9.17, 15) is 14.4 Å². The highest BCUT2D eigenvalue weighted by Crippen LogP contribution is 2.60. The van der Waals surface area contributed by atoms with Crippen molar-refractivity contribution in [3.8, 4) is 0 Å². The number of esters is 2. The highest BCUT2D eigenvalue weighted by molar-refractivity contribution is 5.91. The van der Waals surface area contributed by atoms with Crippen molar-refractivity contribution in [2.24, 2.45) is 34.0 Å². The number of rotatable bonds is 6. The van der Waals surface area contributed by atoms with Gasteiger partial charge in [-0.25, -0.2) is 4.79 Å². The summed E-state index contributed by atoms with van der Waals surface area (Å²) in [5, 5.41) is 0. The Hall–Kier alpha value is -1.65. The number of Topliss-reactive ketones (excluding diaryl/α,β-unsaturated/α-hetero) is 1. The molecule has 0 unspecified atom stereocenters. The van der Waals surface area contributed by atoms with Gasteiger partial charge >= 0.3 is 11.9 Å². The molecule has 4 rings (SSSR count). The van der Waals surface area contributed by atoms with Gasteiger partial charge in [0.25, 0.3) is 0 Å². The number of hydrogen-bond acceptors (Lipinski definition) is 5. The smallest absolute Gasteiger partial charge is 0.351 e. The average Bonchev–Trinajstić information content (AvgIpc) is 3.08. The molecule has 0 N–H and O–H groups in total. The molecule has 1 aliphatic heterocycles. The molecule has 3 aliphatic carbocycles. The van der Waals surface area contributed by atoms with Gasteiger partial charge in [0.15, 0.2) is 0 Å². The molecule has 0 amide bonds. The van der Waals surface area contributed by atoms with Crippen molar-refractivity contribution < 1.29 is 25.2 Å². The lowest BCUT2D eigenvalue weighted by atomic mass is 9.47. The third-order valence-corrected chi connectivity index (χ3v) is 10.1. The Balaban J connectivity index is 1.39. The number of allylic oxidation sites excluding steroid dienone is 1. The minimum absolute atomic E-state index is 0.0420. The van der Waals surface area contributed by atoms with Crippen LogP contribution in [0.25, 0.3) is 0 Å². The lowest BCUT2D eigenvalue weighted by Crippen LogP contribution is -2.51. The van der Waals surface area contributed by atoms with Gasteiger partial charge in [0.2, 0.25) is 5.60 Å². The Bertz CT molecular complexity index is 904. The maximum absolute atomic E-state index is 13.0. The molecule has 2 bridgehead atoms. The van der Waals surface area contributed by atoms with Crippen LogP contribution >= 0.6 is 0 Å². The van der Waals surface area contributed by atoms with Gasteiger partial charge in [0.05, 0.1) is 7.29 Å². The van der Waals surface area contributed by atoms with Crippen molar-refractivity contribution in [1.82, 2.24) is 0 Å². The summed E-state index contributed by atoms with van der Waals surface area (Å²) in [6, 6.07) is 0. The number of fused-ring (bicyclic) bond motifs is 3. The summed E-state index contributed by atoms with van der Waals surface area (Å²) in [6.07, 6.45) is 9.39. The van der Waals surface area contributed by atoms with E-state index in [0.29, 0.717) is 37.4 Å². The molecule has 33 heavy (non-hydrogen) atoms. The first kappa shape index (κ1) is 23.1. The fourth-order valence-corrected chi connectivity index (χ4v) is 7.94. The molecule has 0 aromatic carbocycles. The Morgan fingerprint density at radius 3 is 2.52 bits per heavy atom. The molecule has 5 heteroatoms. The molecule has 3 saturated carbocycles. The van der Waals surface area contributed by atoms with E-state index in [-0.39, 0.29) is 28.6 Å². The van der Waals surface area contributed by atoms with Crippen molar-refractivity contribution >= 4 is 17.7 Å². The minimum Gasteiger partial charge on any atom is -0.458 e. The molecule has 1 saturated heterocycles. The third kappa shape index (κ3) is 3.78. The van der Waals surface area contributed by atoms with Gasteiger partial charge in [0, 0.05) is 17.8 Å². The second-order valence-corrected chi connectivity index (χ2v) is 12.6. The molecule has 0 radical (unpaired) electrons. The summed E-state index contributed by atoms with van der Waals surface area (Å²) >= 11 is 0. The monoisotopic (exact) mass is 459 g/mol. The van der Waals surface area contributed by atoms with E-state index in [1.807, 2.05) is 20.8 Å². The summed E-state index contributed by atoms with van der Waals surface area (Å²) in [4.78, 5) is 38.1. The van der Waals surface area contributed by atoms with Crippen LogP contribution in [0.3, 0.4) is 0 Å². The lowest BCUT2D eigenvalue weighted by molar-refractivity contribution is -0.181. The number of carbonyl (C=O) groups is 3. The molecular formula is C28H42O5. The SMILES string of the molecule is [2H][C@@H](/C=C(\C)CC[C@H]1C(=O)CC[C@H]2C(C)(C)CCC[C@]12C)OC(=O)[C@@]12CC[C@@H](C(=O)O1)C2(C)C. The van der Waals surface area contributed by atoms with E-state index in [0.717, 1.165) is 24.8 Å². The highest BCUT2D eigenvalue weighted by atomic mass is 16.6. The summed E-state index contributed by atoms with van der Waals surface area (Å²) in [5.74, 6) is -0.234. The molecule has 0 spiro atoms. The lowest BCUT2D eigenvalue weighted by Gasteiger charge is -2.56. The van der Waals surface area contributed by atoms with E-state index in [4.69, 9.17) is 10.8 Å². The second kappa shape index (κ2) is 8.23. The molecule has 4 fully saturated rings. The maximum atomic E-state index is 13.0. The Morgan fingerprint density at radius 2 is 1.88 bits per heavy atom. The molecule has 6 atom stereocenters. The van der Waals surface area contributed by atoms with E-state index in [1.54, 1.807) is 6.08 Å². The summed E-state index contributed by atoms with van der Waals surface area (Å²) in [5.41, 5.74) is -0.637. The molecular weight excluding hydrogens is 416 g/mol. The van der Waals surface area contributed by atoms with Crippen molar-refractivity contribution in [3.63, 3.8) is 0 Å². The quantitative estimate of drug-likeness (QED) is 0.371. The Morgan fingerprint density at radius 1 is 1.15 bits per heavy atom. The predicted octanol–water partition coefficient (Wildman–Crippen LogP) is 5.80. The van der Waals surface area contributed by atoms with Gasteiger partial charge in [-0.2, -0.15) is 0 Å². The van der Waals surface area contributed by atoms with Gasteiger partial charge in [-0.1, -0.05) is 46.6 Å². The Labute approximate surface area is 200 Å². The van der Waals surface area contributed by atoms with Crippen LogP contribution in [-0.2, 0) is 23.9 Å². The van der Waals surface area contributed by atoms with Crippen LogP contribution in [0.4, 0.5) is 0 Å². The van der Waals surface area contributed by atoms with E-state index < -0.39 is 23.6 Å². The van der Waals surface area contributed by atoms with Gasteiger partial charge in [-0.3, -0.25) is 9.59 Å². The average molecular weight is 460 g/mol. The fraction of sp³-hybridized carbons (Fsp3) is 0.821.